The molecule has 1 aliphatic carbocycles. The van der Waals surface area contributed by atoms with E-state index in [9.17, 15) is 0 Å². The first-order chi connectivity index (χ1) is 6.66. The minimum Gasteiger partial charge on any atom is -0.0883 e. The Kier molecular flexibility index (Phi) is 4.71. The highest BCUT2D eigenvalue weighted by Gasteiger charge is 2.41. The van der Waals surface area contributed by atoms with Crippen molar-refractivity contribution in [3.05, 3.63) is 12.2 Å². The highest BCUT2D eigenvalue weighted by Crippen LogP contribution is 2.48. The molecular weight excluding hydrogens is 168 g/mol. The second kappa shape index (κ2) is 5.58. The van der Waals surface area contributed by atoms with Crippen molar-refractivity contribution in [3.63, 3.8) is 0 Å². The van der Waals surface area contributed by atoms with E-state index in [-0.39, 0.29) is 0 Å². The monoisotopic (exact) mass is 194 g/mol. The van der Waals surface area contributed by atoms with Crippen molar-refractivity contribution in [2.24, 2.45) is 23.7 Å². The van der Waals surface area contributed by atoms with Crippen LogP contribution in [0.25, 0.3) is 0 Å². The van der Waals surface area contributed by atoms with Gasteiger partial charge in [-0.2, -0.15) is 0 Å². The Balaban J connectivity index is 2.03. The van der Waals surface area contributed by atoms with E-state index in [2.05, 4.69) is 39.8 Å². The summed E-state index contributed by atoms with van der Waals surface area (Å²) >= 11 is 0. The van der Waals surface area contributed by atoms with Gasteiger partial charge in [-0.05, 0) is 42.9 Å². The summed E-state index contributed by atoms with van der Waals surface area (Å²) in [6.07, 6.45) is 10.2. The zero-order valence-corrected chi connectivity index (χ0v) is 10.3. The normalized spacial score (nSPS) is 33.6. The van der Waals surface area contributed by atoms with E-state index in [4.69, 9.17) is 0 Å². The van der Waals surface area contributed by atoms with Gasteiger partial charge in [-0.15, -0.1) is 0 Å². The molecule has 0 aliphatic heterocycles. The third-order valence-electron chi connectivity index (χ3n) is 3.91. The summed E-state index contributed by atoms with van der Waals surface area (Å²) in [5.41, 5.74) is 0. The summed E-state index contributed by atoms with van der Waals surface area (Å²) in [5.74, 6) is 3.81. The van der Waals surface area contributed by atoms with Crippen LogP contribution in [0.3, 0.4) is 0 Å². The highest BCUT2D eigenvalue weighted by molar-refractivity contribution is 4.94. The first kappa shape index (κ1) is 11.8. The topological polar surface area (TPSA) is 0 Å². The van der Waals surface area contributed by atoms with E-state index in [0.717, 1.165) is 23.7 Å². The summed E-state index contributed by atoms with van der Waals surface area (Å²) in [6, 6.07) is 0. The van der Waals surface area contributed by atoms with Crippen molar-refractivity contribution in [3.8, 4) is 0 Å². The van der Waals surface area contributed by atoms with Crippen LogP contribution in [-0.4, -0.2) is 0 Å². The molecule has 0 amide bonds. The minimum atomic E-state index is 0.786. The van der Waals surface area contributed by atoms with Gasteiger partial charge in [0.1, 0.15) is 0 Å². The van der Waals surface area contributed by atoms with Crippen LogP contribution in [-0.2, 0) is 0 Å². The molecule has 0 saturated heterocycles. The molecular formula is C14H26. The van der Waals surface area contributed by atoms with Crippen molar-refractivity contribution in [1.82, 2.24) is 0 Å². The van der Waals surface area contributed by atoms with Gasteiger partial charge in [0.15, 0.2) is 0 Å². The summed E-state index contributed by atoms with van der Waals surface area (Å²) in [4.78, 5) is 0. The fraction of sp³-hybridized carbons (Fsp3) is 0.857. The molecule has 0 bridgehead atoms. The van der Waals surface area contributed by atoms with Gasteiger partial charge in [0.25, 0.3) is 0 Å². The second-order valence-corrected chi connectivity index (χ2v) is 5.15. The molecule has 3 unspecified atom stereocenters. The second-order valence-electron chi connectivity index (χ2n) is 5.15. The van der Waals surface area contributed by atoms with Crippen LogP contribution < -0.4 is 0 Å². The Morgan fingerprint density at radius 1 is 1.21 bits per heavy atom. The Labute approximate surface area is 89.8 Å². The average Bonchev–Trinajstić information content (AvgIpc) is 2.70. The van der Waals surface area contributed by atoms with Crippen LogP contribution in [0, 0.1) is 23.7 Å². The van der Waals surface area contributed by atoms with Crippen LogP contribution in [0.2, 0.25) is 0 Å². The largest absolute Gasteiger partial charge is 0.0883 e. The molecule has 1 saturated carbocycles. The van der Waals surface area contributed by atoms with E-state index >= 15 is 0 Å². The summed E-state index contributed by atoms with van der Waals surface area (Å²) < 4.78 is 0. The number of hydrogen-bond acceptors (Lipinski definition) is 0. The minimum absolute atomic E-state index is 0.786. The van der Waals surface area contributed by atoms with Crippen LogP contribution in [0.15, 0.2) is 12.2 Å². The van der Waals surface area contributed by atoms with E-state index in [1.165, 1.54) is 25.7 Å². The zero-order chi connectivity index (χ0) is 10.6. The van der Waals surface area contributed by atoms with Gasteiger partial charge in [0, 0.05) is 0 Å². The maximum atomic E-state index is 2.40. The molecule has 0 heterocycles. The van der Waals surface area contributed by atoms with E-state index in [0.29, 0.717) is 0 Å². The molecule has 1 fully saturated rings. The van der Waals surface area contributed by atoms with E-state index in [1.54, 1.807) is 0 Å². The predicted octanol–water partition coefficient (Wildman–Crippen LogP) is 4.66. The van der Waals surface area contributed by atoms with Crippen LogP contribution >= 0.6 is 0 Å². The Hall–Kier alpha value is -0.260. The smallest absolute Gasteiger partial charge is 0.0262 e. The number of hydrogen-bond donors (Lipinski definition) is 0. The maximum absolute atomic E-state index is 2.40. The fourth-order valence-electron chi connectivity index (χ4n) is 2.46. The quantitative estimate of drug-likeness (QED) is 0.539. The predicted molar refractivity (Wildman–Crippen MR) is 64.3 cm³/mol. The molecule has 0 heteroatoms. The standard InChI is InChI=1S/C14H26/c1-5-8-11(2)9-6-7-10-14-12(3)13(14)4/h6,9,11-14H,5,7-8,10H2,1-4H3. The molecule has 1 rings (SSSR count). The first-order valence-corrected chi connectivity index (χ1v) is 6.33. The van der Waals surface area contributed by atoms with E-state index in [1.807, 2.05) is 0 Å². The lowest BCUT2D eigenvalue weighted by Gasteiger charge is -2.02. The van der Waals surface area contributed by atoms with Gasteiger partial charge in [-0.25, -0.2) is 0 Å². The lowest BCUT2D eigenvalue weighted by molar-refractivity contribution is 0.625. The van der Waals surface area contributed by atoms with Crippen LogP contribution in [0.5, 0.6) is 0 Å². The third kappa shape index (κ3) is 3.48. The summed E-state index contributed by atoms with van der Waals surface area (Å²) in [6.45, 7) is 9.36. The molecule has 1 aliphatic rings. The molecule has 0 aromatic rings. The van der Waals surface area contributed by atoms with Gasteiger partial charge in [0.2, 0.25) is 0 Å². The van der Waals surface area contributed by atoms with Gasteiger partial charge >= 0.3 is 0 Å². The Morgan fingerprint density at radius 2 is 1.86 bits per heavy atom. The Morgan fingerprint density at radius 3 is 2.36 bits per heavy atom. The van der Waals surface area contributed by atoms with Crippen molar-refractivity contribution in [1.29, 1.82) is 0 Å². The molecule has 82 valence electrons. The number of allylic oxidation sites excluding steroid dienone is 2. The summed E-state index contributed by atoms with van der Waals surface area (Å²) in [5, 5.41) is 0. The number of rotatable bonds is 6. The SMILES string of the molecule is CCCC(C)C=CCCC1C(C)C1C. The highest BCUT2D eigenvalue weighted by atomic mass is 14.5. The molecule has 0 aromatic carbocycles. The molecule has 0 N–H and O–H groups in total. The molecule has 14 heavy (non-hydrogen) atoms. The first-order valence-electron chi connectivity index (χ1n) is 6.33. The maximum Gasteiger partial charge on any atom is -0.0262 e. The van der Waals surface area contributed by atoms with Gasteiger partial charge in [0.05, 0.1) is 0 Å². The van der Waals surface area contributed by atoms with Crippen LogP contribution in [0.1, 0.15) is 53.4 Å². The lowest BCUT2D eigenvalue weighted by Crippen LogP contribution is -1.87. The van der Waals surface area contributed by atoms with Crippen molar-refractivity contribution < 1.29 is 0 Å². The van der Waals surface area contributed by atoms with Crippen molar-refractivity contribution >= 4 is 0 Å². The van der Waals surface area contributed by atoms with Gasteiger partial charge < -0.3 is 0 Å². The van der Waals surface area contributed by atoms with Crippen molar-refractivity contribution in [2.45, 2.75) is 53.4 Å². The zero-order valence-electron chi connectivity index (χ0n) is 10.3. The average molecular weight is 194 g/mol. The van der Waals surface area contributed by atoms with Gasteiger partial charge in [-0.3, -0.25) is 0 Å². The lowest BCUT2D eigenvalue weighted by atomic mass is 10.0. The van der Waals surface area contributed by atoms with Crippen LogP contribution in [0.4, 0.5) is 0 Å². The molecule has 0 spiro atoms. The third-order valence-corrected chi connectivity index (χ3v) is 3.91. The fourth-order valence-corrected chi connectivity index (χ4v) is 2.46. The van der Waals surface area contributed by atoms with Crippen molar-refractivity contribution in [2.75, 3.05) is 0 Å². The molecule has 0 nitrogen and oxygen atoms in total. The molecule has 3 atom stereocenters. The van der Waals surface area contributed by atoms with Gasteiger partial charge in [-0.1, -0.05) is 46.3 Å². The Bertz CT molecular complexity index is 172. The molecule has 0 radical (unpaired) electrons. The molecule has 0 aromatic heterocycles. The van der Waals surface area contributed by atoms with E-state index < -0.39 is 0 Å². The summed E-state index contributed by atoms with van der Waals surface area (Å²) in [7, 11) is 0.